The highest BCUT2D eigenvalue weighted by Gasteiger charge is 2.06. The van der Waals surface area contributed by atoms with E-state index in [0.717, 1.165) is 22.6 Å². The van der Waals surface area contributed by atoms with Crippen molar-refractivity contribution in [1.82, 2.24) is 5.32 Å². The van der Waals surface area contributed by atoms with Crippen LogP contribution in [-0.4, -0.2) is 20.1 Å². The fourth-order valence-corrected chi connectivity index (χ4v) is 2.08. The summed E-state index contributed by atoms with van der Waals surface area (Å²) in [5, 5.41) is 2.90. The summed E-state index contributed by atoms with van der Waals surface area (Å²) in [6, 6.07) is 12.9. The van der Waals surface area contributed by atoms with Gasteiger partial charge in [-0.05, 0) is 48.4 Å². The molecular weight excluding hydrogens is 266 g/mol. The molecular formula is C17H19NO3. The second-order valence-corrected chi connectivity index (χ2v) is 4.72. The maximum absolute atomic E-state index is 12.0. The Bertz CT molecular complexity index is 620. The number of aryl methyl sites for hydroxylation is 1. The Morgan fingerprint density at radius 3 is 2.33 bits per heavy atom. The van der Waals surface area contributed by atoms with Crippen molar-refractivity contribution >= 4 is 5.91 Å². The maximum Gasteiger partial charge on any atom is 0.251 e. The first-order valence-corrected chi connectivity index (χ1v) is 6.70. The van der Waals surface area contributed by atoms with Crippen LogP contribution >= 0.6 is 0 Å². The van der Waals surface area contributed by atoms with Gasteiger partial charge in [-0.2, -0.15) is 0 Å². The predicted molar refractivity (Wildman–Crippen MR) is 81.9 cm³/mol. The molecule has 4 nitrogen and oxygen atoms in total. The van der Waals surface area contributed by atoms with Crippen LogP contribution < -0.4 is 14.8 Å². The molecule has 0 aromatic heterocycles. The van der Waals surface area contributed by atoms with Gasteiger partial charge in [-0.15, -0.1) is 0 Å². The molecule has 1 amide bonds. The highest BCUT2D eigenvalue weighted by molar-refractivity contribution is 5.94. The van der Waals surface area contributed by atoms with Crippen LogP contribution in [0.15, 0.2) is 42.5 Å². The second-order valence-electron chi connectivity index (χ2n) is 4.72. The fraction of sp³-hybridized carbons (Fsp3) is 0.235. The van der Waals surface area contributed by atoms with Crippen molar-refractivity contribution in [3.63, 3.8) is 0 Å². The van der Waals surface area contributed by atoms with E-state index in [0.29, 0.717) is 12.1 Å². The van der Waals surface area contributed by atoms with Crippen LogP contribution in [0.2, 0.25) is 0 Å². The van der Waals surface area contributed by atoms with E-state index in [1.165, 1.54) is 0 Å². The molecule has 21 heavy (non-hydrogen) atoms. The number of carbonyl (C=O) groups excluding carboxylic acids is 1. The number of hydrogen-bond donors (Lipinski definition) is 1. The number of carbonyl (C=O) groups is 1. The van der Waals surface area contributed by atoms with Crippen molar-refractivity contribution in [2.45, 2.75) is 13.5 Å². The van der Waals surface area contributed by atoms with Gasteiger partial charge in [0.2, 0.25) is 0 Å². The van der Waals surface area contributed by atoms with Crippen molar-refractivity contribution in [2.75, 3.05) is 14.2 Å². The number of ether oxygens (including phenoxy) is 2. The molecule has 110 valence electrons. The van der Waals surface area contributed by atoms with Gasteiger partial charge in [-0.3, -0.25) is 4.79 Å². The molecule has 4 heteroatoms. The number of methoxy groups -OCH3 is 2. The fourth-order valence-electron chi connectivity index (χ4n) is 2.08. The zero-order chi connectivity index (χ0) is 15.2. The van der Waals surface area contributed by atoms with E-state index in [-0.39, 0.29) is 5.91 Å². The summed E-state index contributed by atoms with van der Waals surface area (Å²) >= 11 is 0. The lowest BCUT2D eigenvalue weighted by molar-refractivity contribution is 0.0951. The van der Waals surface area contributed by atoms with Gasteiger partial charge in [-0.25, -0.2) is 0 Å². The minimum Gasteiger partial charge on any atom is -0.497 e. The predicted octanol–water partition coefficient (Wildman–Crippen LogP) is 2.94. The molecule has 0 heterocycles. The maximum atomic E-state index is 12.0. The van der Waals surface area contributed by atoms with Crippen molar-refractivity contribution in [3.05, 3.63) is 59.2 Å². The lowest BCUT2D eigenvalue weighted by Gasteiger charge is -2.09. The van der Waals surface area contributed by atoms with Crippen LogP contribution in [0.3, 0.4) is 0 Å². The summed E-state index contributed by atoms with van der Waals surface area (Å²) in [7, 11) is 3.24. The van der Waals surface area contributed by atoms with E-state index in [4.69, 9.17) is 9.47 Å². The quantitative estimate of drug-likeness (QED) is 0.918. The summed E-state index contributed by atoms with van der Waals surface area (Å²) < 4.78 is 10.3. The normalized spacial score (nSPS) is 10.0. The third-order valence-corrected chi connectivity index (χ3v) is 3.26. The summed E-state index contributed by atoms with van der Waals surface area (Å²) in [4.78, 5) is 12.0. The molecule has 0 saturated carbocycles. The van der Waals surface area contributed by atoms with E-state index in [2.05, 4.69) is 5.32 Å². The Kier molecular flexibility index (Phi) is 4.82. The Balaban J connectivity index is 1.98. The van der Waals surface area contributed by atoms with Crippen LogP contribution in [0.25, 0.3) is 0 Å². The molecule has 0 spiro atoms. The van der Waals surface area contributed by atoms with Gasteiger partial charge in [0, 0.05) is 12.1 Å². The molecule has 2 aromatic carbocycles. The van der Waals surface area contributed by atoms with Crippen molar-refractivity contribution in [1.29, 1.82) is 0 Å². The summed E-state index contributed by atoms with van der Waals surface area (Å²) in [6.07, 6.45) is 0. The monoisotopic (exact) mass is 285 g/mol. The lowest BCUT2D eigenvalue weighted by atomic mass is 10.1. The summed E-state index contributed by atoms with van der Waals surface area (Å²) in [5.74, 6) is 1.48. The van der Waals surface area contributed by atoms with E-state index < -0.39 is 0 Å². The second kappa shape index (κ2) is 6.79. The van der Waals surface area contributed by atoms with Crippen molar-refractivity contribution in [3.8, 4) is 11.5 Å². The lowest BCUT2D eigenvalue weighted by Crippen LogP contribution is -2.22. The van der Waals surface area contributed by atoms with Crippen LogP contribution in [0, 0.1) is 6.92 Å². The summed E-state index contributed by atoms with van der Waals surface area (Å²) in [5.41, 5.74) is 2.70. The Morgan fingerprint density at radius 1 is 1.05 bits per heavy atom. The van der Waals surface area contributed by atoms with Gasteiger partial charge in [0.15, 0.2) is 0 Å². The van der Waals surface area contributed by atoms with Crippen molar-refractivity contribution < 1.29 is 14.3 Å². The summed E-state index contributed by atoms with van der Waals surface area (Å²) in [6.45, 7) is 2.46. The topological polar surface area (TPSA) is 47.6 Å². The highest BCUT2D eigenvalue weighted by atomic mass is 16.5. The first kappa shape index (κ1) is 14.9. The first-order valence-electron chi connectivity index (χ1n) is 6.70. The molecule has 0 saturated heterocycles. The number of amides is 1. The molecule has 2 rings (SSSR count). The largest absolute Gasteiger partial charge is 0.497 e. The Hall–Kier alpha value is -2.49. The molecule has 0 atom stereocenters. The molecule has 1 N–H and O–H groups in total. The number of hydrogen-bond acceptors (Lipinski definition) is 3. The van der Waals surface area contributed by atoms with E-state index >= 15 is 0 Å². The molecule has 0 bridgehead atoms. The SMILES string of the molecule is COc1ccc(C(=O)NCc2ccc(OC)c(C)c2)cc1. The third kappa shape index (κ3) is 3.75. The average molecular weight is 285 g/mol. The molecule has 0 aliphatic heterocycles. The number of rotatable bonds is 5. The standard InChI is InChI=1S/C17H19NO3/c1-12-10-13(4-9-16(12)21-3)11-18-17(19)14-5-7-15(20-2)8-6-14/h4-10H,11H2,1-3H3,(H,18,19). The van der Waals surface area contributed by atoms with E-state index in [1.54, 1.807) is 38.5 Å². The molecule has 2 aromatic rings. The highest BCUT2D eigenvalue weighted by Crippen LogP contribution is 2.18. The molecule has 0 aliphatic carbocycles. The van der Waals surface area contributed by atoms with Gasteiger partial charge >= 0.3 is 0 Å². The number of nitrogens with one attached hydrogen (secondary N) is 1. The van der Waals surface area contributed by atoms with Crippen LogP contribution in [0.1, 0.15) is 21.5 Å². The Morgan fingerprint density at radius 2 is 1.76 bits per heavy atom. The smallest absolute Gasteiger partial charge is 0.251 e. The zero-order valence-electron chi connectivity index (χ0n) is 12.5. The van der Waals surface area contributed by atoms with Gasteiger partial charge in [0.25, 0.3) is 5.91 Å². The minimum atomic E-state index is -0.105. The van der Waals surface area contributed by atoms with Crippen LogP contribution in [0.4, 0.5) is 0 Å². The van der Waals surface area contributed by atoms with Crippen LogP contribution in [0.5, 0.6) is 11.5 Å². The van der Waals surface area contributed by atoms with Gasteiger partial charge < -0.3 is 14.8 Å². The van der Waals surface area contributed by atoms with E-state index in [1.807, 2.05) is 25.1 Å². The van der Waals surface area contributed by atoms with Crippen molar-refractivity contribution in [2.24, 2.45) is 0 Å². The molecule has 0 fully saturated rings. The number of benzene rings is 2. The minimum absolute atomic E-state index is 0.105. The third-order valence-electron chi connectivity index (χ3n) is 3.26. The molecule has 0 aliphatic rings. The van der Waals surface area contributed by atoms with Gasteiger partial charge in [0.05, 0.1) is 14.2 Å². The average Bonchev–Trinajstić information content (AvgIpc) is 2.52. The molecule has 0 radical (unpaired) electrons. The van der Waals surface area contributed by atoms with Crippen LogP contribution in [-0.2, 0) is 6.54 Å². The van der Waals surface area contributed by atoms with E-state index in [9.17, 15) is 4.79 Å². The van der Waals surface area contributed by atoms with Gasteiger partial charge in [0.1, 0.15) is 11.5 Å². The van der Waals surface area contributed by atoms with Gasteiger partial charge in [-0.1, -0.05) is 12.1 Å². The molecule has 0 unspecified atom stereocenters. The Labute approximate surface area is 124 Å². The first-order chi connectivity index (χ1) is 10.1. The zero-order valence-corrected chi connectivity index (χ0v) is 12.5.